The van der Waals surface area contributed by atoms with E-state index >= 15 is 0 Å². The van der Waals surface area contributed by atoms with E-state index in [-0.39, 0.29) is 17.4 Å². The van der Waals surface area contributed by atoms with E-state index in [0.29, 0.717) is 5.76 Å². The Labute approximate surface area is 104 Å². The van der Waals surface area contributed by atoms with Crippen molar-refractivity contribution in [1.82, 2.24) is 0 Å². The third kappa shape index (κ3) is 2.30. The number of rotatable bonds is 3. The van der Waals surface area contributed by atoms with Gasteiger partial charge in [0.1, 0.15) is 11.5 Å². The number of benzene rings is 1. The second kappa shape index (κ2) is 4.68. The molecule has 0 aliphatic carbocycles. The van der Waals surface area contributed by atoms with Gasteiger partial charge in [0.05, 0.1) is 17.4 Å². The standard InChI is InChI=1S/C13H14F2N2O/c1-7-3-6-11(18-7)8(2)17-13-10(16)5-4-9(14)12(13)15/h3-6,8,17H,16H2,1-2H3. The van der Waals surface area contributed by atoms with Crippen LogP contribution in [-0.2, 0) is 0 Å². The van der Waals surface area contributed by atoms with Crippen LogP contribution in [0.5, 0.6) is 0 Å². The van der Waals surface area contributed by atoms with E-state index in [0.717, 1.165) is 11.8 Å². The van der Waals surface area contributed by atoms with E-state index in [1.54, 1.807) is 19.1 Å². The molecule has 0 saturated heterocycles. The van der Waals surface area contributed by atoms with Gasteiger partial charge in [0.15, 0.2) is 11.6 Å². The van der Waals surface area contributed by atoms with Gasteiger partial charge in [-0.25, -0.2) is 8.78 Å². The number of nitrogen functional groups attached to an aromatic ring is 1. The fourth-order valence-electron chi connectivity index (χ4n) is 1.69. The first-order valence-corrected chi connectivity index (χ1v) is 5.55. The summed E-state index contributed by atoms with van der Waals surface area (Å²) in [5, 5.41) is 2.82. The van der Waals surface area contributed by atoms with Crippen molar-refractivity contribution in [3.63, 3.8) is 0 Å². The number of hydrogen-bond acceptors (Lipinski definition) is 3. The Balaban J connectivity index is 2.27. The van der Waals surface area contributed by atoms with E-state index < -0.39 is 11.6 Å². The van der Waals surface area contributed by atoms with E-state index in [2.05, 4.69) is 5.32 Å². The minimum atomic E-state index is -0.981. The van der Waals surface area contributed by atoms with Gasteiger partial charge in [0, 0.05) is 0 Å². The number of hydrogen-bond donors (Lipinski definition) is 2. The highest BCUT2D eigenvalue weighted by Gasteiger charge is 2.16. The molecular formula is C13H14F2N2O. The van der Waals surface area contributed by atoms with E-state index in [1.807, 2.05) is 6.92 Å². The van der Waals surface area contributed by atoms with Crippen LogP contribution in [0.1, 0.15) is 24.5 Å². The molecule has 1 aromatic heterocycles. The molecule has 3 N–H and O–H groups in total. The summed E-state index contributed by atoms with van der Waals surface area (Å²) in [5.74, 6) is -0.526. The SMILES string of the molecule is Cc1ccc(C(C)Nc2c(N)ccc(F)c2F)o1. The predicted octanol–water partition coefficient (Wildman–Crippen LogP) is 3.62. The molecule has 96 valence electrons. The molecule has 0 bridgehead atoms. The molecule has 2 aromatic rings. The molecule has 0 amide bonds. The number of aryl methyl sites for hydroxylation is 1. The number of nitrogens with one attached hydrogen (secondary N) is 1. The Morgan fingerprint density at radius 2 is 1.94 bits per heavy atom. The second-order valence-corrected chi connectivity index (χ2v) is 4.14. The summed E-state index contributed by atoms with van der Waals surface area (Å²) in [7, 11) is 0. The number of halogens is 2. The van der Waals surface area contributed by atoms with E-state index in [9.17, 15) is 8.78 Å². The summed E-state index contributed by atoms with van der Waals surface area (Å²) in [6.45, 7) is 3.59. The minimum absolute atomic E-state index is 0.0449. The van der Waals surface area contributed by atoms with Gasteiger partial charge in [-0.15, -0.1) is 0 Å². The Morgan fingerprint density at radius 3 is 2.56 bits per heavy atom. The lowest BCUT2D eigenvalue weighted by Crippen LogP contribution is -2.10. The van der Waals surface area contributed by atoms with Crippen molar-refractivity contribution in [2.75, 3.05) is 11.1 Å². The molecule has 1 heterocycles. The first-order valence-electron chi connectivity index (χ1n) is 5.55. The van der Waals surface area contributed by atoms with Gasteiger partial charge in [-0.3, -0.25) is 0 Å². The number of furan rings is 1. The van der Waals surface area contributed by atoms with Crippen LogP contribution in [0.4, 0.5) is 20.2 Å². The Kier molecular flexibility index (Phi) is 3.23. The molecule has 2 rings (SSSR count). The molecule has 0 fully saturated rings. The number of anilines is 2. The zero-order valence-electron chi connectivity index (χ0n) is 10.1. The third-order valence-electron chi connectivity index (χ3n) is 2.68. The Bertz CT molecular complexity index is 566. The van der Waals surface area contributed by atoms with Gasteiger partial charge in [0.25, 0.3) is 0 Å². The Hall–Kier alpha value is -2.04. The van der Waals surface area contributed by atoms with Crippen LogP contribution in [-0.4, -0.2) is 0 Å². The van der Waals surface area contributed by atoms with Crippen molar-refractivity contribution < 1.29 is 13.2 Å². The average molecular weight is 252 g/mol. The average Bonchev–Trinajstić information content (AvgIpc) is 2.76. The highest BCUT2D eigenvalue weighted by molar-refractivity contribution is 5.67. The molecule has 0 radical (unpaired) electrons. The molecular weight excluding hydrogens is 238 g/mol. The summed E-state index contributed by atoms with van der Waals surface area (Å²) in [4.78, 5) is 0. The normalized spacial score (nSPS) is 12.4. The quantitative estimate of drug-likeness (QED) is 0.820. The number of nitrogens with two attached hydrogens (primary N) is 1. The summed E-state index contributed by atoms with van der Waals surface area (Å²) in [5.41, 5.74) is 5.73. The van der Waals surface area contributed by atoms with Crippen molar-refractivity contribution >= 4 is 11.4 Å². The fourth-order valence-corrected chi connectivity index (χ4v) is 1.69. The van der Waals surface area contributed by atoms with Crippen molar-refractivity contribution in [2.24, 2.45) is 0 Å². The molecule has 0 saturated carbocycles. The molecule has 1 aromatic carbocycles. The summed E-state index contributed by atoms with van der Waals surface area (Å²) in [6.07, 6.45) is 0. The maximum atomic E-state index is 13.6. The fraction of sp³-hybridized carbons (Fsp3) is 0.231. The topological polar surface area (TPSA) is 51.2 Å². The lowest BCUT2D eigenvalue weighted by Gasteiger charge is -2.15. The Morgan fingerprint density at radius 1 is 1.22 bits per heavy atom. The lowest BCUT2D eigenvalue weighted by molar-refractivity contribution is 0.464. The second-order valence-electron chi connectivity index (χ2n) is 4.14. The van der Waals surface area contributed by atoms with Gasteiger partial charge in [-0.1, -0.05) is 0 Å². The van der Waals surface area contributed by atoms with Crippen molar-refractivity contribution in [1.29, 1.82) is 0 Å². The largest absolute Gasteiger partial charge is 0.464 e. The maximum Gasteiger partial charge on any atom is 0.183 e. The predicted molar refractivity (Wildman–Crippen MR) is 66.3 cm³/mol. The van der Waals surface area contributed by atoms with E-state index in [1.165, 1.54) is 6.07 Å². The molecule has 18 heavy (non-hydrogen) atoms. The van der Waals surface area contributed by atoms with Crippen LogP contribution < -0.4 is 11.1 Å². The van der Waals surface area contributed by atoms with Crippen LogP contribution >= 0.6 is 0 Å². The van der Waals surface area contributed by atoms with Gasteiger partial charge in [-0.05, 0) is 38.1 Å². The molecule has 5 heteroatoms. The first kappa shape index (κ1) is 12.4. The molecule has 1 unspecified atom stereocenters. The van der Waals surface area contributed by atoms with Gasteiger partial charge in [0.2, 0.25) is 0 Å². The third-order valence-corrected chi connectivity index (χ3v) is 2.68. The zero-order chi connectivity index (χ0) is 13.3. The smallest absolute Gasteiger partial charge is 0.183 e. The molecule has 0 spiro atoms. The summed E-state index contributed by atoms with van der Waals surface area (Å²) < 4.78 is 32.1. The lowest BCUT2D eigenvalue weighted by atomic mass is 10.2. The van der Waals surface area contributed by atoms with Crippen molar-refractivity contribution in [2.45, 2.75) is 19.9 Å². The maximum absolute atomic E-state index is 13.6. The van der Waals surface area contributed by atoms with Crippen LogP contribution in [0.3, 0.4) is 0 Å². The highest BCUT2D eigenvalue weighted by atomic mass is 19.2. The highest BCUT2D eigenvalue weighted by Crippen LogP contribution is 2.29. The first-order chi connectivity index (χ1) is 8.49. The zero-order valence-corrected chi connectivity index (χ0v) is 10.1. The molecule has 3 nitrogen and oxygen atoms in total. The summed E-state index contributed by atoms with van der Waals surface area (Å²) in [6, 6.07) is 5.59. The molecule has 1 atom stereocenters. The van der Waals surface area contributed by atoms with Gasteiger partial charge in [-0.2, -0.15) is 0 Å². The van der Waals surface area contributed by atoms with Crippen LogP contribution in [0.15, 0.2) is 28.7 Å². The van der Waals surface area contributed by atoms with Gasteiger partial charge >= 0.3 is 0 Å². The van der Waals surface area contributed by atoms with Crippen molar-refractivity contribution in [3.8, 4) is 0 Å². The van der Waals surface area contributed by atoms with Crippen LogP contribution in [0.2, 0.25) is 0 Å². The van der Waals surface area contributed by atoms with Crippen LogP contribution in [0, 0.1) is 18.6 Å². The summed E-state index contributed by atoms with van der Waals surface area (Å²) >= 11 is 0. The monoisotopic (exact) mass is 252 g/mol. The van der Waals surface area contributed by atoms with Crippen molar-refractivity contribution in [3.05, 3.63) is 47.4 Å². The molecule has 0 aliphatic heterocycles. The van der Waals surface area contributed by atoms with Gasteiger partial charge < -0.3 is 15.5 Å². The van der Waals surface area contributed by atoms with E-state index in [4.69, 9.17) is 10.2 Å². The van der Waals surface area contributed by atoms with Crippen LogP contribution in [0.25, 0.3) is 0 Å². The molecule has 0 aliphatic rings. The minimum Gasteiger partial charge on any atom is -0.464 e.